The summed E-state index contributed by atoms with van der Waals surface area (Å²) >= 11 is 0. The molecule has 1 saturated heterocycles. The number of nitrogens with one attached hydrogen (secondary N) is 5. The van der Waals surface area contributed by atoms with Crippen LogP contribution in [0.25, 0.3) is 0 Å². The van der Waals surface area contributed by atoms with Crippen molar-refractivity contribution in [1.82, 2.24) is 26.6 Å². The van der Waals surface area contributed by atoms with Crippen molar-refractivity contribution in [3.8, 4) is 0 Å². The van der Waals surface area contributed by atoms with Crippen molar-refractivity contribution in [2.45, 2.75) is 90.9 Å². The molecule has 1 rings (SSSR count). The lowest BCUT2D eigenvalue weighted by Gasteiger charge is -2.38. The van der Waals surface area contributed by atoms with Crippen molar-refractivity contribution in [3.63, 3.8) is 0 Å². The Kier molecular flexibility index (Phi) is 15.8. The maximum absolute atomic E-state index is 12.9. The van der Waals surface area contributed by atoms with Gasteiger partial charge in [-0.25, -0.2) is 0 Å². The van der Waals surface area contributed by atoms with Crippen LogP contribution in [-0.4, -0.2) is 74.1 Å². The SMILES string of the molecule is CC[C@H]1CCC(N)(N)CNCC(C)CNC[C@@](CNCC(C)C)(NC(=O)CCCC(=O)O)NCC(C)C1. The molecule has 1 aliphatic heterocycles. The smallest absolute Gasteiger partial charge is 0.303 e. The van der Waals surface area contributed by atoms with E-state index < -0.39 is 17.3 Å². The molecule has 218 valence electrons. The zero-order valence-corrected chi connectivity index (χ0v) is 24.1. The molecule has 0 aromatic rings. The Morgan fingerprint density at radius 3 is 2.35 bits per heavy atom. The molecule has 1 heterocycles. The molecule has 1 amide bonds. The van der Waals surface area contributed by atoms with Crippen molar-refractivity contribution in [3.05, 3.63) is 0 Å². The topological polar surface area (TPSA) is 167 Å². The van der Waals surface area contributed by atoms with Gasteiger partial charge in [0.1, 0.15) is 5.66 Å². The summed E-state index contributed by atoms with van der Waals surface area (Å²) in [5, 5.41) is 26.5. The zero-order valence-electron chi connectivity index (χ0n) is 24.1. The number of nitrogens with two attached hydrogens (primary N) is 2. The minimum absolute atomic E-state index is 0.00939. The Hall–Kier alpha value is -1.30. The summed E-state index contributed by atoms with van der Waals surface area (Å²) < 4.78 is 0. The molecule has 37 heavy (non-hydrogen) atoms. The van der Waals surface area contributed by atoms with Gasteiger partial charge in [-0.05, 0) is 75.5 Å². The number of carboxylic acids is 1. The molecule has 10 nitrogen and oxygen atoms in total. The molecule has 4 atom stereocenters. The Morgan fingerprint density at radius 1 is 1.05 bits per heavy atom. The minimum Gasteiger partial charge on any atom is -0.481 e. The highest BCUT2D eigenvalue weighted by atomic mass is 16.4. The summed E-state index contributed by atoms with van der Waals surface area (Å²) in [5.74, 6) is 0.746. The van der Waals surface area contributed by atoms with E-state index >= 15 is 0 Å². The Morgan fingerprint density at radius 2 is 1.73 bits per heavy atom. The first-order valence-corrected chi connectivity index (χ1v) is 14.3. The maximum atomic E-state index is 12.9. The van der Waals surface area contributed by atoms with Gasteiger partial charge in [0.25, 0.3) is 0 Å². The summed E-state index contributed by atoms with van der Waals surface area (Å²) in [6, 6.07) is 0. The van der Waals surface area contributed by atoms with E-state index in [2.05, 4.69) is 61.2 Å². The van der Waals surface area contributed by atoms with E-state index in [0.717, 1.165) is 51.9 Å². The van der Waals surface area contributed by atoms with Crippen molar-refractivity contribution in [1.29, 1.82) is 0 Å². The van der Waals surface area contributed by atoms with Crippen LogP contribution in [0.1, 0.15) is 79.6 Å². The highest BCUT2D eigenvalue weighted by molar-refractivity contribution is 5.77. The standard InChI is InChI=1S/C27H57N7O3/c1-6-23-10-11-26(28,29)17-31-14-22(5)15-32-19-27(18-30-13-20(2)3,33-16-21(4)12-23)34-24(35)8-7-9-25(36)37/h20-23,30-33H,6-19,28-29H2,1-5H3,(H,34,35)(H,36,37)/t21?,22?,23-,27+/m0/s1. The van der Waals surface area contributed by atoms with Crippen LogP contribution >= 0.6 is 0 Å². The quantitative estimate of drug-likeness (QED) is 0.195. The second-order valence-electron chi connectivity index (χ2n) is 12.0. The van der Waals surface area contributed by atoms with Gasteiger partial charge in [-0.3, -0.25) is 14.9 Å². The van der Waals surface area contributed by atoms with Crippen LogP contribution in [0, 0.1) is 23.7 Å². The molecule has 1 fully saturated rings. The van der Waals surface area contributed by atoms with Crippen LogP contribution in [0.2, 0.25) is 0 Å². The molecule has 0 aliphatic carbocycles. The van der Waals surface area contributed by atoms with E-state index in [9.17, 15) is 9.59 Å². The molecule has 0 aromatic carbocycles. The second kappa shape index (κ2) is 17.3. The third kappa shape index (κ3) is 15.6. The van der Waals surface area contributed by atoms with Crippen molar-refractivity contribution in [2.75, 3.05) is 45.8 Å². The average Bonchev–Trinajstić information content (AvgIpc) is 2.79. The van der Waals surface area contributed by atoms with Gasteiger partial charge in [0.15, 0.2) is 0 Å². The molecule has 0 bridgehead atoms. The normalized spacial score (nSPS) is 28.6. The van der Waals surface area contributed by atoms with Gasteiger partial charge in [0.2, 0.25) is 5.91 Å². The lowest BCUT2D eigenvalue weighted by Crippen LogP contribution is -2.69. The van der Waals surface area contributed by atoms with E-state index in [-0.39, 0.29) is 18.7 Å². The molecule has 0 aromatic heterocycles. The fraction of sp³-hybridized carbons (Fsp3) is 0.926. The van der Waals surface area contributed by atoms with Crippen LogP contribution in [0.15, 0.2) is 0 Å². The molecule has 0 saturated carbocycles. The number of hydrogen-bond acceptors (Lipinski definition) is 8. The van der Waals surface area contributed by atoms with Crippen LogP contribution in [0.3, 0.4) is 0 Å². The largest absolute Gasteiger partial charge is 0.481 e. The van der Waals surface area contributed by atoms with Gasteiger partial charge in [0, 0.05) is 32.5 Å². The van der Waals surface area contributed by atoms with Crippen molar-refractivity contribution < 1.29 is 14.7 Å². The minimum atomic E-state index is -0.881. The van der Waals surface area contributed by atoms with E-state index in [0.29, 0.717) is 49.7 Å². The van der Waals surface area contributed by atoms with Gasteiger partial charge in [-0.15, -0.1) is 0 Å². The van der Waals surface area contributed by atoms with Gasteiger partial charge < -0.3 is 37.8 Å². The number of rotatable bonds is 10. The number of aliphatic carboxylic acids is 1. The zero-order chi connectivity index (χ0) is 27.9. The molecule has 0 spiro atoms. The molecule has 10 N–H and O–H groups in total. The number of amides is 1. The second-order valence-corrected chi connectivity index (χ2v) is 12.0. The van der Waals surface area contributed by atoms with Gasteiger partial charge in [-0.1, -0.05) is 41.0 Å². The fourth-order valence-corrected chi connectivity index (χ4v) is 4.85. The first-order valence-electron chi connectivity index (χ1n) is 14.3. The molecule has 2 unspecified atom stereocenters. The van der Waals surface area contributed by atoms with E-state index in [1.54, 1.807) is 0 Å². The summed E-state index contributed by atoms with van der Waals surface area (Å²) in [4.78, 5) is 23.8. The summed E-state index contributed by atoms with van der Waals surface area (Å²) in [6.45, 7) is 15.8. The van der Waals surface area contributed by atoms with Crippen LogP contribution in [-0.2, 0) is 9.59 Å². The molecular formula is C27H57N7O3. The Bertz CT molecular complexity index is 662. The number of carbonyl (C=O) groups is 2. The van der Waals surface area contributed by atoms with Crippen molar-refractivity contribution in [2.24, 2.45) is 35.1 Å². The van der Waals surface area contributed by atoms with Gasteiger partial charge >= 0.3 is 5.97 Å². The molecule has 10 heteroatoms. The fourth-order valence-electron chi connectivity index (χ4n) is 4.85. The maximum Gasteiger partial charge on any atom is 0.303 e. The predicted octanol–water partition coefficient (Wildman–Crippen LogP) is 1.16. The first-order chi connectivity index (χ1) is 17.4. The summed E-state index contributed by atoms with van der Waals surface area (Å²) in [6.07, 6.45) is 4.41. The van der Waals surface area contributed by atoms with Gasteiger partial charge in [0.05, 0.1) is 5.66 Å². The van der Waals surface area contributed by atoms with Crippen LogP contribution < -0.4 is 38.1 Å². The summed E-state index contributed by atoms with van der Waals surface area (Å²) in [7, 11) is 0. The van der Waals surface area contributed by atoms with Crippen LogP contribution in [0.5, 0.6) is 0 Å². The van der Waals surface area contributed by atoms with Gasteiger partial charge in [-0.2, -0.15) is 0 Å². The molecular weight excluding hydrogens is 470 g/mol. The Labute approximate surface area is 225 Å². The summed E-state index contributed by atoms with van der Waals surface area (Å²) in [5.41, 5.74) is 11.4. The number of carbonyl (C=O) groups excluding carboxylic acids is 1. The predicted molar refractivity (Wildman–Crippen MR) is 151 cm³/mol. The lowest BCUT2D eigenvalue weighted by molar-refractivity contribution is -0.137. The van der Waals surface area contributed by atoms with Crippen molar-refractivity contribution >= 4 is 11.9 Å². The van der Waals surface area contributed by atoms with E-state index in [1.165, 1.54) is 0 Å². The monoisotopic (exact) mass is 527 g/mol. The third-order valence-electron chi connectivity index (χ3n) is 7.14. The Balaban J connectivity index is 3.06. The van der Waals surface area contributed by atoms with E-state index in [1.807, 2.05) is 0 Å². The highest BCUT2D eigenvalue weighted by Crippen LogP contribution is 2.23. The van der Waals surface area contributed by atoms with E-state index in [4.69, 9.17) is 16.6 Å². The lowest BCUT2D eigenvalue weighted by atomic mass is 9.87. The average molecular weight is 528 g/mol. The number of hydrogen-bond donors (Lipinski definition) is 8. The first kappa shape index (κ1) is 33.7. The highest BCUT2D eigenvalue weighted by Gasteiger charge is 2.32. The number of carboxylic acid groups (broad SMARTS) is 1. The molecule has 1 aliphatic rings. The third-order valence-corrected chi connectivity index (χ3v) is 7.14. The molecule has 0 radical (unpaired) electrons. The van der Waals surface area contributed by atoms with Crippen LogP contribution in [0.4, 0.5) is 0 Å².